The summed E-state index contributed by atoms with van der Waals surface area (Å²) < 4.78 is 5.92. The standard InChI is InChI=1S/C21H27N3O2S.2ClH/c1-13-23-17(12-27-13)11-26-19-8-3-2-7-18(19)21(25)24-20-14-5-4-6-15(20)10-16(22)9-14;;/h2-3,7-8,12,14-16,20H,4-6,9-11,22H2,1H3,(H,24,25);2*1H. The van der Waals surface area contributed by atoms with Crippen LogP contribution in [-0.2, 0) is 6.61 Å². The molecule has 29 heavy (non-hydrogen) atoms. The topological polar surface area (TPSA) is 77.2 Å². The zero-order valence-corrected chi connectivity index (χ0v) is 19.0. The van der Waals surface area contributed by atoms with Gasteiger partial charge in [-0.2, -0.15) is 0 Å². The number of amides is 1. The van der Waals surface area contributed by atoms with Crippen molar-refractivity contribution in [2.45, 2.75) is 57.7 Å². The van der Waals surface area contributed by atoms with E-state index in [0.29, 0.717) is 29.8 Å². The third kappa shape index (κ3) is 5.63. The number of fused-ring (bicyclic) bond motifs is 2. The van der Waals surface area contributed by atoms with Crippen molar-refractivity contribution in [3.8, 4) is 5.75 Å². The van der Waals surface area contributed by atoms with E-state index < -0.39 is 0 Å². The lowest BCUT2D eigenvalue weighted by Gasteiger charge is -2.45. The molecule has 2 saturated carbocycles. The fourth-order valence-corrected chi connectivity index (χ4v) is 5.26. The van der Waals surface area contributed by atoms with Crippen LogP contribution in [-0.4, -0.2) is 23.0 Å². The number of carbonyl (C=O) groups excluding carboxylic acids is 1. The first kappa shape index (κ1) is 23.9. The maximum atomic E-state index is 13.0. The highest BCUT2D eigenvalue weighted by Crippen LogP contribution is 2.40. The van der Waals surface area contributed by atoms with E-state index in [-0.39, 0.29) is 42.8 Å². The van der Waals surface area contributed by atoms with Gasteiger partial charge in [0.05, 0.1) is 16.3 Å². The normalized spacial score (nSPS) is 25.3. The van der Waals surface area contributed by atoms with E-state index in [1.54, 1.807) is 11.3 Å². The third-order valence-corrected chi connectivity index (χ3v) is 6.67. The van der Waals surface area contributed by atoms with Crippen LogP contribution in [0.25, 0.3) is 0 Å². The van der Waals surface area contributed by atoms with Gasteiger partial charge in [0.1, 0.15) is 12.4 Å². The predicted octanol–water partition coefficient (Wildman–Crippen LogP) is 4.51. The summed E-state index contributed by atoms with van der Waals surface area (Å²) in [4.78, 5) is 17.4. The Morgan fingerprint density at radius 1 is 1.24 bits per heavy atom. The van der Waals surface area contributed by atoms with Gasteiger partial charge >= 0.3 is 0 Å². The summed E-state index contributed by atoms with van der Waals surface area (Å²) >= 11 is 1.60. The summed E-state index contributed by atoms with van der Waals surface area (Å²) in [6.07, 6.45) is 5.61. The fourth-order valence-electron chi connectivity index (χ4n) is 4.66. The average molecular weight is 458 g/mol. The molecule has 2 aliphatic rings. The number of hydrogen-bond acceptors (Lipinski definition) is 5. The quantitative estimate of drug-likeness (QED) is 0.691. The molecule has 8 heteroatoms. The predicted molar refractivity (Wildman–Crippen MR) is 121 cm³/mol. The molecule has 160 valence electrons. The van der Waals surface area contributed by atoms with E-state index in [1.165, 1.54) is 6.42 Å². The van der Waals surface area contributed by atoms with Crippen LogP contribution in [0.5, 0.6) is 5.75 Å². The first-order chi connectivity index (χ1) is 13.1. The number of aromatic nitrogens is 1. The number of carbonyl (C=O) groups is 1. The van der Waals surface area contributed by atoms with Crippen LogP contribution in [0.2, 0.25) is 0 Å². The summed E-state index contributed by atoms with van der Waals surface area (Å²) in [7, 11) is 0. The number of thiazole rings is 1. The minimum absolute atomic E-state index is 0. The van der Waals surface area contributed by atoms with Crippen molar-refractivity contribution in [3.63, 3.8) is 0 Å². The Morgan fingerprint density at radius 2 is 1.93 bits per heavy atom. The van der Waals surface area contributed by atoms with Gasteiger partial charge in [0.15, 0.2) is 0 Å². The molecule has 2 bridgehead atoms. The summed E-state index contributed by atoms with van der Waals surface area (Å²) in [5.41, 5.74) is 7.70. The molecule has 3 N–H and O–H groups in total. The van der Waals surface area contributed by atoms with Crippen LogP contribution >= 0.6 is 36.2 Å². The van der Waals surface area contributed by atoms with Gasteiger partial charge in [-0.3, -0.25) is 4.79 Å². The smallest absolute Gasteiger partial charge is 0.255 e. The van der Waals surface area contributed by atoms with Crippen LogP contribution in [0.3, 0.4) is 0 Å². The van der Waals surface area contributed by atoms with Gasteiger partial charge < -0.3 is 15.8 Å². The van der Waals surface area contributed by atoms with E-state index in [0.717, 1.165) is 36.4 Å². The largest absolute Gasteiger partial charge is 0.486 e. The number of halogens is 2. The average Bonchev–Trinajstić information content (AvgIpc) is 3.06. The van der Waals surface area contributed by atoms with E-state index in [9.17, 15) is 4.79 Å². The molecule has 5 nitrogen and oxygen atoms in total. The molecule has 1 aromatic heterocycles. The van der Waals surface area contributed by atoms with E-state index in [1.807, 2.05) is 36.6 Å². The van der Waals surface area contributed by atoms with Gasteiger partial charge in [0.25, 0.3) is 5.91 Å². The summed E-state index contributed by atoms with van der Waals surface area (Å²) in [5.74, 6) is 1.57. The number of nitrogens with one attached hydrogen (secondary N) is 1. The number of nitrogens with zero attached hydrogens (tertiary/aromatic N) is 1. The molecule has 2 atom stereocenters. The van der Waals surface area contributed by atoms with Gasteiger partial charge in [-0.25, -0.2) is 4.98 Å². The molecule has 2 unspecified atom stereocenters. The van der Waals surface area contributed by atoms with Gasteiger partial charge in [-0.15, -0.1) is 36.2 Å². The van der Waals surface area contributed by atoms with E-state index >= 15 is 0 Å². The highest BCUT2D eigenvalue weighted by atomic mass is 35.5. The second-order valence-corrected chi connectivity index (χ2v) is 8.89. The molecule has 0 saturated heterocycles. The SMILES string of the molecule is Cc1nc(COc2ccccc2C(=O)NC2C3CCCC2CC(N)C3)cs1.Cl.Cl. The lowest BCUT2D eigenvalue weighted by molar-refractivity contribution is 0.0752. The molecule has 2 aromatic rings. The number of nitrogens with two attached hydrogens (primary N) is 1. The summed E-state index contributed by atoms with van der Waals surface area (Å²) in [6, 6.07) is 7.98. The second kappa shape index (κ2) is 10.6. The van der Waals surface area contributed by atoms with Gasteiger partial charge in [0.2, 0.25) is 0 Å². The van der Waals surface area contributed by atoms with Gasteiger partial charge in [-0.1, -0.05) is 18.6 Å². The van der Waals surface area contributed by atoms with Crippen molar-refractivity contribution < 1.29 is 9.53 Å². The second-order valence-electron chi connectivity index (χ2n) is 7.82. The first-order valence-corrected chi connectivity index (χ1v) is 10.7. The molecule has 1 aromatic carbocycles. The molecule has 0 radical (unpaired) electrons. The third-order valence-electron chi connectivity index (χ3n) is 5.85. The Bertz CT molecular complexity index is 803. The Morgan fingerprint density at radius 3 is 2.59 bits per heavy atom. The highest BCUT2D eigenvalue weighted by Gasteiger charge is 2.40. The number of hydrogen-bond donors (Lipinski definition) is 2. The molecule has 4 rings (SSSR count). The number of benzene rings is 1. The molecule has 1 amide bonds. The number of ether oxygens (including phenoxy) is 1. The summed E-state index contributed by atoms with van der Waals surface area (Å²) in [5, 5.41) is 6.32. The molecule has 1 heterocycles. The molecular formula is C21H29Cl2N3O2S. The monoisotopic (exact) mass is 457 g/mol. The Labute approximate surface area is 188 Å². The van der Waals surface area contributed by atoms with Crippen LogP contribution in [0.4, 0.5) is 0 Å². The van der Waals surface area contributed by atoms with Gasteiger partial charge in [-0.05, 0) is 56.6 Å². The van der Waals surface area contributed by atoms with E-state index in [4.69, 9.17) is 10.5 Å². The van der Waals surface area contributed by atoms with Crippen molar-refractivity contribution in [3.05, 3.63) is 45.9 Å². The maximum Gasteiger partial charge on any atom is 0.255 e. The minimum Gasteiger partial charge on any atom is -0.486 e. The minimum atomic E-state index is -0.0440. The van der Waals surface area contributed by atoms with Crippen LogP contribution < -0.4 is 15.8 Å². The Kier molecular flexibility index (Phi) is 8.76. The highest BCUT2D eigenvalue weighted by molar-refractivity contribution is 7.09. The molecule has 2 fully saturated rings. The zero-order valence-electron chi connectivity index (χ0n) is 16.5. The molecule has 0 spiro atoms. The van der Waals surface area contributed by atoms with Crippen molar-refractivity contribution >= 4 is 42.1 Å². The number of aryl methyl sites for hydroxylation is 1. The van der Waals surface area contributed by atoms with Crippen molar-refractivity contribution in [2.75, 3.05) is 0 Å². The lowest BCUT2D eigenvalue weighted by atomic mass is 9.67. The van der Waals surface area contributed by atoms with E-state index in [2.05, 4.69) is 10.3 Å². The zero-order chi connectivity index (χ0) is 18.8. The molecular weight excluding hydrogens is 429 g/mol. The molecule has 0 aliphatic heterocycles. The van der Waals surface area contributed by atoms with Crippen LogP contribution in [0.1, 0.15) is 53.2 Å². The Balaban J connectivity index is 0.00000150. The van der Waals surface area contributed by atoms with Crippen molar-refractivity contribution in [1.29, 1.82) is 0 Å². The van der Waals surface area contributed by atoms with Crippen molar-refractivity contribution in [1.82, 2.24) is 10.3 Å². The maximum absolute atomic E-state index is 13.0. The first-order valence-electron chi connectivity index (χ1n) is 9.79. The lowest BCUT2D eigenvalue weighted by Crippen LogP contribution is -2.53. The van der Waals surface area contributed by atoms with Crippen LogP contribution in [0, 0.1) is 18.8 Å². The van der Waals surface area contributed by atoms with Gasteiger partial charge in [0, 0.05) is 17.5 Å². The van der Waals surface area contributed by atoms with Crippen molar-refractivity contribution in [2.24, 2.45) is 17.6 Å². The fraction of sp³-hybridized carbons (Fsp3) is 0.524. The van der Waals surface area contributed by atoms with Crippen LogP contribution in [0.15, 0.2) is 29.6 Å². The molecule has 2 aliphatic carbocycles. The number of para-hydroxylation sites is 1. The number of rotatable bonds is 5. The Hall–Kier alpha value is -1.34. The summed E-state index contributed by atoms with van der Waals surface area (Å²) in [6.45, 7) is 2.35.